The van der Waals surface area contributed by atoms with E-state index in [0.29, 0.717) is 6.54 Å². The van der Waals surface area contributed by atoms with Gasteiger partial charge in [-0.1, -0.05) is 55.5 Å². The first-order valence-corrected chi connectivity index (χ1v) is 7.26. The van der Waals surface area contributed by atoms with E-state index < -0.39 is 5.60 Å². The minimum atomic E-state index is -0.660. The van der Waals surface area contributed by atoms with E-state index in [0.717, 1.165) is 6.42 Å². The molecule has 0 bridgehead atoms. The van der Waals surface area contributed by atoms with E-state index in [9.17, 15) is 5.11 Å². The van der Waals surface area contributed by atoms with Gasteiger partial charge in [0, 0.05) is 6.54 Å². The molecule has 0 fully saturated rings. The van der Waals surface area contributed by atoms with E-state index in [-0.39, 0.29) is 6.04 Å². The molecule has 104 valence electrons. The Hall–Kier alpha value is -1.64. The van der Waals surface area contributed by atoms with E-state index in [1.165, 1.54) is 22.3 Å². The molecule has 0 aromatic heterocycles. The minimum absolute atomic E-state index is 0.181. The highest BCUT2D eigenvalue weighted by Gasteiger charge is 2.29. The second-order valence-electron chi connectivity index (χ2n) is 5.84. The number of fused-ring (bicyclic) bond motifs is 3. The Bertz CT molecular complexity index is 573. The summed E-state index contributed by atoms with van der Waals surface area (Å²) in [5.74, 6) is 0. The van der Waals surface area contributed by atoms with Crippen molar-refractivity contribution in [1.82, 2.24) is 5.32 Å². The van der Waals surface area contributed by atoms with Gasteiger partial charge in [-0.2, -0.15) is 0 Å². The first kappa shape index (κ1) is 13.3. The molecule has 2 nitrogen and oxygen atoms in total. The predicted molar refractivity (Wildman–Crippen MR) is 82.6 cm³/mol. The smallest absolute Gasteiger partial charge is 0.0741 e. The van der Waals surface area contributed by atoms with Crippen molar-refractivity contribution in [3.8, 4) is 11.1 Å². The molecule has 0 heterocycles. The Balaban J connectivity index is 1.95. The molecule has 3 rings (SSSR count). The fourth-order valence-electron chi connectivity index (χ4n) is 2.82. The summed E-state index contributed by atoms with van der Waals surface area (Å²) in [4.78, 5) is 0. The van der Waals surface area contributed by atoms with Gasteiger partial charge in [0.1, 0.15) is 0 Å². The average molecular weight is 267 g/mol. The third-order valence-electron chi connectivity index (χ3n) is 4.28. The predicted octanol–water partition coefficient (Wildman–Crippen LogP) is 3.51. The van der Waals surface area contributed by atoms with E-state index in [1.54, 1.807) is 0 Å². The Morgan fingerprint density at radius 3 is 2.00 bits per heavy atom. The van der Waals surface area contributed by atoms with Crippen LogP contribution in [-0.4, -0.2) is 17.3 Å². The van der Waals surface area contributed by atoms with Crippen molar-refractivity contribution in [3.63, 3.8) is 0 Å². The Labute approximate surface area is 120 Å². The quantitative estimate of drug-likeness (QED) is 0.888. The van der Waals surface area contributed by atoms with E-state index in [4.69, 9.17) is 0 Å². The van der Waals surface area contributed by atoms with Gasteiger partial charge in [-0.3, -0.25) is 0 Å². The molecule has 0 saturated heterocycles. The first-order chi connectivity index (χ1) is 9.62. The third kappa shape index (κ3) is 2.26. The second kappa shape index (κ2) is 5.04. The largest absolute Gasteiger partial charge is 0.389 e. The zero-order valence-electron chi connectivity index (χ0n) is 12.1. The van der Waals surface area contributed by atoms with E-state index in [2.05, 4.69) is 53.8 Å². The molecule has 1 aliphatic rings. The van der Waals surface area contributed by atoms with Crippen molar-refractivity contribution in [2.45, 2.75) is 31.9 Å². The van der Waals surface area contributed by atoms with Gasteiger partial charge in [-0.05, 0) is 35.6 Å². The number of nitrogens with one attached hydrogen (secondary N) is 1. The molecule has 1 aliphatic carbocycles. The highest BCUT2D eigenvalue weighted by Crippen LogP contribution is 2.43. The molecule has 0 amide bonds. The lowest BCUT2D eigenvalue weighted by Crippen LogP contribution is -2.38. The maximum absolute atomic E-state index is 10.2. The first-order valence-electron chi connectivity index (χ1n) is 7.26. The van der Waals surface area contributed by atoms with Crippen LogP contribution in [0.2, 0.25) is 0 Å². The highest BCUT2D eigenvalue weighted by atomic mass is 16.3. The third-order valence-corrected chi connectivity index (χ3v) is 4.28. The second-order valence-corrected chi connectivity index (χ2v) is 5.84. The maximum Gasteiger partial charge on any atom is 0.0741 e. The maximum atomic E-state index is 10.2. The molecule has 0 spiro atoms. The lowest BCUT2D eigenvalue weighted by atomic mass is 10.0. The summed E-state index contributed by atoms with van der Waals surface area (Å²) >= 11 is 0. The topological polar surface area (TPSA) is 32.3 Å². The van der Waals surface area contributed by atoms with E-state index in [1.807, 2.05) is 13.8 Å². The van der Waals surface area contributed by atoms with E-state index >= 15 is 0 Å². The zero-order chi connectivity index (χ0) is 14.2. The van der Waals surface area contributed by atoms with Gasteiger partial charge in [0.15, 0.2) is 0 Å². The lowest BCUT2D eigenvalue weighted by molar-refractivity contribution is 0.0541. The molecule has 1 unspecified atom stereocenters. The molecule has 1 atom stereocenters. The van der Waals surface area contributed by atoms with Crippen molar-refractivity contribution in [2.75, 3.05) is 6.54 Å². The summed E-state index contributed by atoms with van der Waals surface area (Å²) in [5, 5.41) is 13.8. The van der Waals surface area contributed by atoms with Crippen molar-refractivity contribution in [1.29, 1.82) is 0 Å². The van der Waals surface area contributed by atoms with Crippen LogP contribution in [0.25, 0.3) is 11.1 Å². The number of rotatable bonds is 4. The minimum Gasteiger partial charge on any atom is -0.389 e. The molecular weight excluding hydrogens is 246 g/mol. The van der Waals surface area contributed by atoms with Crippen LogP contribution in [0.5, 0.6) is 0 Å². The number of hydrogen-bond donors (Lipinski definition) is 2. The molecule has 2 aromatic rings. The summed E-state index contributed by atoms with van der Waals surface area (Å²) in [6.45, 7) is 4.49. The van der Waals surface area contributed by atoms with Crippen LogP contribution in [0, 0.1) is 0 Å². The Morgan fingerprint density at radius 1 is 1.00 bits per heavy atom. The van der Waals surface area contributed by atoms with Gasteiger partial charge in [0.05, 0.1) is 11.6 Å². The standard InChI is InChI=1S/C18H21NO/c1-3-18(2,20)12-19-17-15-10-6-4-8-13(15)14-9-5-7-11-16(14)17/h4-11,17,19-20H,3,12H2,1-2H3. The molecule has 0 saturated carbocycles. The highest BCUT2D eigenvalue weighted by molar-refractivity contribution is 5.78. The summed E-state index contributed by atoms with van der Waals surface area (Å²) in [5.41, 5.74) is 4.56. The number of benzene rings is 2. The molecular formula is C18H21NO. The normalized spacial score (nSPS) is 16.6. The molecule has 0 radical (unpaired) electrons. The molecule has 20 heavy (non-hydrogen) atoms. The molecule has 2 aromatic carbocycles. The summed E-state index contributed by atoms with van der Waals surface area (Å²) in [6.07, 6.45) is 0.746. The van der Waals surface area contributed by atoms with Gasteiger partial charge in [-0.15, -0.1) is 0 Å². The van der Waals surface area contributed by atoms with Crippen LogP contribution in [0.3, 0.4) is 0 Å². The SMILES string of the molecule is CCC(C)(O)CNC1c2ccccc2-c2ccccc21. The summed E-state index contributed by atoms with van der Waals surface area (Å²) in [7, 11) is 0. The van der Waals surface area contributed by atoms with Crippen molar-refractivity contribution in [3.05, 3.63) is 59.7 Å². The molecule has 2 heteroatoms. The van der Waals surface area contributed by atoms with Crippen molar-refractivity contribution < 1.29 is 5.11 Å². The Morgan fingerprint density at radius 2 is 1.50 bits per heavy atom. The van der Waals surface area contributed by atoms with Crippen LogP contribution < -0.4 is 5.32 Å². The number of aliphatic hydroxyl groups is 1. The Kier molecular flexibility index (Phi) is 3.36. The van der Waals surface area contributed by atoms with Crippen molar-refractivity contribution >= 4 is 0 Å². The zero-order valence-corrected chi connectivity index (χ0v) is 12.1. The lowest BCUT2D eigenvalue weighted by Gasteiger charge is -2.25. The van der Waals surface area contributed by atoms with Crippen LogP contribution in [0.1, 0.15) is 37.4 Å². The monoisotopic (exact) mass is 267 g/mol. The molecule has 2 N–H and O–H groups in total. The van der Waals surface area contributed by atoms with Gasteiger partial charge in [0.2, 0.25) is 0 Å². The van der Waals surface area contributed by atoms with Crippen LogP contribution in [0.15, 0.2) is 48.5 Å². The fraction of sp³-hybridized carbons (Fsp3) is 0.333. The van der Waals surface area contributed by atoms with Crippen molar-refractivity contribution in [2.24, 2.45) is 0 Å². The van der Waals surface area contributed by atoms with Crippen LogP contribution >= 0.6 is 0 Å². The fourth-order valence-corrected chi connectivity index (χ4v) is 2.82. The van der Waals surface area contributed by atoms with Gasteiger partial charge in [0.25, 0.3) is 0 Å². The van der Waals surface area contributed by atoms with Crippen LogP contribution in [-0.2, 0) is 0 Å². The average Bonchev–Trinajstić information content (AvgIpc) is 2.80. The van der Waals surface area contributed by atoms with Gasteiger partial charge >= 0.3 is 0 Å². The van der Waals surface area contributed by atoms with Crippen LogP contribution in [0.4, 0.5) is 0 Å². The van der Waals surface area contributed by atoms with Gasteiger partial charge in [-0.25, -0.2) is 0 Å². The molecule has 0 aliphatic heterocycles. The number of hydrogen-bond acceptors (Lipinski definition) is 2. The summed E-state index contributed by atoms with van der Waals surface area (Å²) < 4.78 is 0. The summed E-state index contributed by atoms with van der Waals surface area (Å²) in [6, 6.07) is 17.2. The van der Waals surface area contributed by atoms with Gasteiger partial charge < -0.3 is 10.4 Å².